The van der Waals surface area contributed by atoms with E-state index in [4.69, 9.17) is 4.74 Å². The zero-order valence-corrected chi connectivity index (χ0v) is 13.8. The van der Waals surface area contributed by atoms with Gasteiger partial charge in [0, 0.05) is 6.04 Å². The second-order valence-electron chi connectivity index (χ2n) is 5.39. The number of rotatable bonds is 5. The molecule has 1 fully saturated rings. The molecule has 1 heterocycles. The largest absolute Gasteiger partial charge is 0.481 e. The molecule has 0 unspecified atom stereocenters. The first-order chi connectivity index (χ1) is 10.8. The average Bonchev–Trinajstić information content (AvgIpc) is 2.85. The Kier molecular flexibility index (Phi) is 5.25. The second kappa shape index (κ2) is 6.99. The number of benzene rings is 1. The normalized spacial score (nSPS) is 20.5. The predicted octanol–water partition coefficient (Wildman–Crippen LogP) is 0.544. The van der Waals surface area contributed by atoms with E-state index in [0.717, 1.165) is 0 Å². The highest BCUT2D eigenvalue weighted by Gasteiger charge is 2.30. The Morgan fingerprint density at radius 2 is 2.09 bits per heavy atom. The van der Waals surface area contributed by atoms with Gasteiger partial charge in [0.05, 0.1) is 24.2 Å². The number of ether oxygens (including phenoxy) is 2. The summed E-state index contributed by atoms with van der Waals surface area (Å²) in [6, 6.07) is 5.93. The monoisotopic (exact) mass is 341 g/mol. The molecule has 0 spiro atoms. The third-order valence-corrected chi connectivity index (χ3v) is 5.28. The minimum Gasteiger partial charge on any atom is -0.481 e. The molecule has 0 radical (unpaired) electrons. The fourth-order valence-corrected chi connectivity index (χ4v) is 3.97. The molecule has 23 heavy (non-hydrogen) atoms. The summed E-state index contributed by atoms with van der Waals surface area (Å²) in [5.41, 5.74) is 0.319. The van der Waals surface area contributed by atoms with E-state index in [9.17, 15) is 18.0 Å². The molecule has 0 aromatic heterocycles. The van der Waals surface area contributed by atoms with Crippen molar-refractivity contribution in [1.82, 2.24) is 5.32 Å². The summed E-state index contributed by atoms with van der Waals surface area (Å²) < 4.78 is 32.9. The van der Waals surface area contributed by atoms with Crippen molar-refractivity contribution in [3.8, 4) is 5.75 Å². The van der Waals surface area contributed by atoms with Gasteiger partial charge < -0.3 is 14.8 Å². The van der Waals surface area contributed by atoms with Crippen LogP contribution in [0.3, 0.4) is 0 Å². The van der Waals surface area contributed by atoms with Gasteiger partial charge in [-0.3, -0.25) is 4.79 Å². The van der Waals surface area contributed by atoms with Crippen molar-refractivity contribution in [3.05, 3.63) is 29.8 Å². The van der Waals surface area contributed by atoms with E-state index in [1.165, 1.54) is 13.2 Å². The molecule has 1 aromatic rings. The van der Waals surface area contributed by atoms with Crippen LogP contribution < -0.4 is 10.1 Å². The topological polar surface area (TPSA) is 98.8 Å². The maximum Gasteiger partial charge on any atom is 0.337 e. The summed E-state index contributed by atoms with van der Waals surface area (Å²) >= 11 is 0. The van der Waals surface area contributed by atoms with E-state index < -0.39 is 27.8 Å². The number of amides is 1. The van der Waals surface area contributed by atoms with Gasteiger partial charge in [0.25, 0.3) is 5.91 Å². The molecule has 126 valence electrons. The number of carbonyl (C=O) groups excluding carboxylic acids is 2. The Morgan fingerprint density at radius 1 is 1.35 bits per heavy atom. The molecule has 1 aromatic carbocycles. The van der Waals surface area contributed by atoms with Crippen molar-refractivity contribution in [1.29, 1.82) is 0 Å². The summed E-state index contributed by atoms with van der Waals surface area (Å²) in [4.78, 5) is 23.5. The summed E-state index contributed by atoms with van der Waals surface area (Å²) in [6.45, 7) is 1.56. The van der Waals surface area contributed by atoms with Crippen molar-refractivity contribution in [2.24, 2.45) is 0 Å². The van der Waals surface area contributed by atoms with Gasteiger partial charge in [0.1, 0.15) is 5.75 Å². The predicted molar refractivity (Wildman–Crippen MR) is 83.1 cm³/mol. The standard InChI is InChI=1S/C15H19NO6S/c1-10(14(17)16-12-6-7-23(19,20)9-12)22-13-5-3-4-11(8-13)15(18)21-2/h3-5,8,10,12H,6-7,9H2,1-2H3,(H,16,17)/t10-,12+/m0/s1. The molecule has 0 aliphatic carbocycles. The Hall–Kier alpha value is -2.09. The van der Waals surface area contributed by atoms with Crippen molar-refractivity contribution < 1.29 is 27.5 Å². The number of methoxy groups -OCH3 is 1. The van der Waals surface area contributed by atoms with E-state index in [2.05, 4.69) is 10.1 Å². The lowest BCUT2D eigenvalue weighted by Gasteiger charge is -2.17. The van der Waals surface area contributed by atoms with E-state index in [-0.39, 0.29) is 17.5 Å². The maximum atomic E-state index is 12.1. The fourth-order valence-electron chi connectivity index (χ4n) is 2.30. The van der Waals surface area contributed by atoms with Gasteiger partial charge in [-0.1, -0.05) is 6.07 Å². The summed E-state index contributed by atoms with van der Waals surface area (Å²) in [7, 11) is -1.77. The van der Waals surface area contributed by atoms with E-state index in [1.54, 1.807) is 25.1 Å². The number of nitrogens with one attached hydrogen (secondary N) is 1. The molecule has 0 saturated carbocycles. The molecule has 1 aliphatic heterocycles. The minimum absolute atomic E-state index is 0.0384. The third-order valence-electron chi connectivity index (χ3n) is 3.52. The van der Waals surface area contributed by atoms with Gasteiger partial charge >= 0.3 is 5.97 Å². The Bertz CT molecular complexity index is 700. The van der Waals surface area contributed by atoms with Crippen LogP contribution in [0.25, 0.3) is 0 Å². The number of sulfone groups is 1. The Balaban J connectivity index is 1.95. The maximum absolute atomic E-state index is 12.1. The highest BCUT2D eigenvalue weighted by molar-refractivity contribution is 7.91. The van der Waals surface area contributed by atoms with Crippen molar-refractivity contribution in [2.75, 3.05) is 18.6 Å². The molecular weight excluding hydrogens is 322 g/mol. The fraction of sp³-hybridized carbons (Fsp3) is 0.467. The Labute approximate surface area is 134 Å². The summed E-state index contributed by atoms with van der Waals surface area (Å²) in [6.07, 6.45) is -0.398. The lowest BCUT2D eigenvalue weighted by Crippen LogP contribution is -2.43. The molecule has 2 rings (SSSR count). The first-order valence-corrected chi connectivity index (χ1v) is 8.99. The SMILES string of the molecule is COC(=O)c1cccc(O[C@@H](C)C(=O)N[C@@H]2CCS(=O)(=O)C2)c1. The number of hydrogen-bond donors (Lipinski definition) is 1. The van der Waals surface area contributed by atoms with E-state index in [1.807, 2.05) is 0 Å². The van der Waals surface area contributed by atoms with Crippen LogP contribution >= 0.6 is 0 Å². The van der Waals surface area contributed by atoms with Crippen molar-refractivity contribution >= 4 is 21.7 Å². The molecule has 8 heteroatoms. The van der Waals surface area contributed by atoms with Crippen LogP contribution in [0, 0.1) is 0 Å². The van der Waals surface area contributed by atoms with Gasteiger partial charge in [-0.25, -0.2) is 13.2 Å². The number of esters is 1. The molecule has 7 nitrogen and oxygen atoms in total. The van der Waals surface area contributed by atoms with Crippen molar-refractivity contribution in [3.63, 3.8) is 0 Å². The summed E-state index contributed by atoms with van der Waals surface area (Å²) in [5.74, 6) is -0.480. The van der Waals surface area contributed by atoms with Crippen LogP contribution in [-0.2, 0) is 19.4 Å². The highest BCUT2D eigenvalue weighted by Crippen LogP contribution is 2.16. The first kappa shape index (κ1) is 17.3. The van der Waals surface area contributed by atoms with Crippen LogP contribution in [-0.4, -0.2) is 51.1 Å². The zero-order chi connectivity index (χ0) is 17.0. The van der Waals surface area contributed by atoms with Gasteiger partial charge in [0.2, 0.25) is 0 Å². The van der Waals surface area contributed by atoms with Gasteiger partial charge in [-0.15, -0.1) is 0 Å². The summed E-state index contributed by atoms with van der Waals surface area (Å²) in [5, 5.41) is 2.67. The lowest BCUT2D eigenvalue weighted by molar-refractivity contribution is -0.127. The molecule has 1 saturated heterocycles. The van der Waals surface area contributed by atoms with Gasteiger partial charge in [0.15, 0.2) is 15.9 Å². The van der Waals surface area contributed by atoms with Crippen LogP contribution in [0.5, 0.6) is 5.75 Å². The third kappa shape index (κ3) is 4.69. The van der Waals surface area contributed by atoms with Gasteiger partial charge in [-0.05, 0) is 31.5 Å². The van der Waals surface area contributed by atoms with Gasteiger partial charge in [-0.2, -0.15) is 0 Å². The van der Waals surface area contributed by atoms with Crippen molar-refractivity contribution in [2.45, 2.75) is 25.5 Å². The minimum atomic E-state index is -3.05. The molecule has 1 aliphatic rings. The van der Waals surface area contributed by atoms with Crippen LogP contribution in [0.2, 0.25) is 0 Å². The lowest BCUT2D eigenvalue weighted by atomic mass is 10.2. The van der Waals surface area contributed by atoms with E-state index >= 15 is 0 Å². The number of carbonyl (C=O) groups is 2. The molecule has 2 atom stereocenters. The van der Waals surface area contributed by atoms with Crippen LogP contribution in [0.15, 0.2) is 24.3 Å². The molecule has 0 bridgehead atoms. The average molecular weight is 341 g/mol. The quantitative estimate of drug-likeness (QED) is 0.785. The zero-order valence-electron chi connectivity index (χ0n) is 12.9. The first-order valence-electron chi connectivity index (χ1n) is 7.16. The number of hydrogen-bond acceptors (Lipinski definition) is 6. The second-order valence-corrected chi connectivity index (χ2v) is 7.62. The van der Waals surface area contributed by atoms with E-state index in [0.29, 0.717) is 17.7 Å². The smallest absolute Gasteiger partial charge is 0.337 e. The molecule has 1 N–H and O–H groups in total. The molecule has 1 amide bonds. The Morgan fingerprint density at radius 3 is 2.70 bits per heavy atom. The molecular formula is C15H19NO6S. The highest BCUT2D eigenvalue weighted by atomic mass is 32.2. The van der Waals surface area contributed by atoms with Crippen LogP contribution in [0.4, 0.5) is 0 Å². The van der Waals surface area contributed by atoms with Crippen LogP contribution in [0.1, 0.15) is 23.7 Å².